The third-order valence-electron chi connectivity index (χ3n) is 7.00. The maximum Gasteiger partial charge on any atom is 0.261 e. The fraction of sp³-hybridized carbons (Fsp3) is 0.379. The predicted octanol–water partition coefficient (Wildman–Crippen LogP) is 4.56. The van der Waals surface area contributed by atoms with Crippen LogP contribution in [0.2, 0.25) is 5.04 Å². The van der Waals surface area contributed by atoms with Crippen LogP contribution >= 0.6 is 0 Å². The van der Waals surface area contributed by atoms with Crippen LogP contribution in [0.25, 0.3) is 0 Å². The zero-order chi connectivity index (χ0) is 25.8. The van der Waals surface area contributed by atoms with E-state index < -0.39 is 35.8 Å². The van der Waals surface area contributed by atoms with Gasteiger partial charge in [0.2, 0.25) is 0 Å². The molecule has 0 unspecified atom stereocenters. The molecule has 1 aliphatic heterocycles. The topological polar surface area (TPSA) is 61.8 Å². The van der Waals surface area contributed by atoms with E-state index in [2.05, 4.69) is 69.3 Å². The van der Waals surface area contributed by atoms with E-state index in [-0.39, 0.29) is 11.6 Å². The smallest absolute Gasteiger partial charge is 0.261 e. The summed E-state index contributed by atoms with van der Waals surface area (Å²) in [5, 5.41) is 1.57. The molecule has 4 rings (SSSR count). The first kappa shape index (κ1) is 26.8. The molecule has 0 radical (unpaired) electrons. The molecule has 0 aromatic heterocycles. The zero-order valence-electron chi connectivity index (χ0n) is 21.5. The summed E-state index contributed by atoms with van der Waals surface area (Å²) in [7, 11) is -4.74. The quantitative estimate of drug-likeness (QED) is 0.405. The van der Waals surface area contributed by atoms with Gasteiger partial charge < -0.3 is 13.9 Å². The molecule has 3 aromatic carbocycles. The standard InChI is InChI=1S/C29H36O5SSi/c1-29(2,3)36(26-16-10-6-11-17-26,27-18-12-7-13-19-27)33-22-23-20-25(21-28(32-4)34-23)35(30,31)24-14-8-5-9-15-24/h5-19,23,25,28H,20-22H2,1-4H3/t23-,25-,28+/m0/s1. The maximum absolute atomic E-state index is 13.5. The van der Waals surface area contributed by atoms with Crippen molar-refractivity contribution in [3.8, 4) is 0 Å². The van der Waals surface area contributed by atoms with Crippen molar-refractivity contribution >= 4 is 28.5 Å². The Balaban J connectivity index is 1.67. The molecule has 0 saturated carbocycles. The second-order valence-corrected chi connectivity index (χ2v) is 16.9. The predicted molar refractivity (Wildman–Crippen MR) is 146 cm³/mol. The van der Waals surface area contributed by atoms with Crippen LogP contribution in [0.15, 0.2) is 95.9 Å². The molecule has 7 heteroatoms. The van der Waals surface area contributed by atoms with Crippen molar-refractivity contribution in [2.45, 2.75) is 61.2 Å². The molecule has 3 aromatic rings. The summed E-state index contributed by atoms with van der Waals surface area (Å²) in [5.74, 6) is 0. The third kappa shape index (κ3) is 5.36. The summed E-state index contributed by atoms with van der Waals surface area (Å²) in [6.45, 7) is 6.96. The Morgan fingerprint density at radius 2 is 1.33 bits per heavy atom. The Bertz CT molecular complexity index is 1170. The van der Waals surface area contributed by atoms with Gasteiger partial charge in [-0.15, -0.1) is 0 Å². The van der Waals surface area contributed by atoms with Gasteiger partial charge in [-0.05, 0) is 34.0 Å². The second kappa shape index (κ2) is 11.0. The van der Waals surface area contributed by atoms with Crippen LogP contribution in [0.5, 0.6) is 0 Å². The number of ether oxygens (including phenoxy) is 2. The number of hydrogen-bond donors (Lipinski definition) is 0. The normalized spacial score (nSPS) is 21.3. The molecule has 0 bridgehead atoms. The summed E-state index contributed by atoms with van der Waals surface area (Å²) < 4.78 is 45.6. The molecule has 0 N–H and O–H groups in total. The van der Waals surface area contributed by atoms with Crippen LogP contribution < -0.4 is 10.4 Å². The lowest BCUT2D eigenvalue weighted by Crippen LogP contribution is -2.67. The molecular formula is C29H36O5SSi. The van der Waals surface area contributed by atoms with Crippen molar-refractivity contribution < 1.29 is 22.3 Å². The van der Waals surface area contributed by atoms with E-state index >= 15 is 0 Å². The Hall–Kier alpha value is -2.29. The highest BCUT2D eigenvalue weighted by Crippen LogP contribution is 2.38. The monoisotopic (exact) mass is 524 g/mol. The minimum atomic E-state index is -3.53. The van der Waals surface area contributed by atoms with Gasteiger partial charge in [-0.1, -0.05) is 99.6 Å². The molecule has 1 fully saturated rings. The van der Waals surface area contributed by atoms with Gasteiger partial charge in [-0.2, -0.15) is 0 Å². The van der Waals surface area contributed by atoms with Crippen LogP contribution in [0.3, 0.4) is 0 Å². The molecule has 0 spiro atoms. The highest BCUT2D eigenvalue weighted by atomic mass is 32.2. The zero-order valence-corrected chi connectivity index (χ0v) is 23.3. The molecule has 192 valence electrons. The van der Waals surface area contributed by atoms with Gasteiger partial charge in [-0.3, -0.25) is 0 Å². The molecule has 0 amide bonds. The average Bonchev–Trinajstić information content (AvgIpc) is 2.90. The van der Waals surface area contributed by atoms with Crippen molar-refractivity contribution in [2.75, 3.05) is 13.7 Å². The van der Waals surface area contributed by atoms with Crippen molar-refractivity contribution in [1.82, 2.24) is 0 Å². The Kier molecular flexibility index (Phi) is 8.17. The summed E-state index contributed by atoms with van der Waals surface area (Å²) in [6, 6.07) is 29.5. The Morgan fingerprint density at radius 3 is 1.81 bits per heavy atom. The Morgan fingerprint density at radius 1 is 0.833 bits per heavy atom. The SMILES string of the molecule is CO[C@H]1C[C@@H](S(=O)(=O)c2ccccc2)C[C@@H](CO[Si](c2ccccc2)(c2ccccc2)C(C)(C)C)O1. The fourth-order valence-electron chi connectivity index (χ4n) is 5.22. The van der Waals surface area contributed by atoms with E-state index in [0.717, 1.165) is 0 Å². The van der Waals surface area contributed by atoms with Gasteiger partial charge in [0.25, 0.3) is 8.32 Å². The number of sulfone groups is 1. The van der Waals surface area contributed by atoms with Crippen molar-refractivity contribution in [3.63, 3.8) is 0 Å². The number of benzene rings is 3. The second-order valence-electron chi connectivity index (χ2n) is 10.3. The average molecular weight is 525 g/mol. The number of rotatable bonds is 8. The first-order valence-electron chi connectivity index (χ1n) is 12.4. The van der Waals surface area contributed by atoms with E-state index in [1.54, 1.807) is 31.4 Å². The first-order chi connectivity index (χ1) is 17.2. The van der Waals surface area contributed by atoms with Crippen LogP contribution in [0, 0.1) is 0 Å². The first-order valence-corrected chi connectivity index (χ1v) is 15.9. The molecule has 5 nitrogen and oxygen atoms in total. The molecule has 36 heavy (non-hydrogen) atoms. The van der Waals surface area contributed by atoms with Crippen LogP contribution in [0.4, 0.5) is 0 Å². The molecule has 0 aliphatic carbocycles. The van der Waals surface area contributed by atoms with E-state index in [1.165, 1.54) is 10.4 Å². The summed E-state index contributed by atoms with van der Waals surface area (Å²) in [6.07, 6.45) is -0.359. The fourth-order valence-corrected chi connectivity index (χ4v) is 11.6. The third-order valence-corrected chi connectivity index (χ3v) is 14.2. The number of hydrogen-bond acceptors (Lipinski definition) is 5. The number of methoxy groups -OCH3 is 1. The lowest BCUT2D eigenvalue weighted by atomic mass is 10.1. The maximum atomic E-state index is 13.5. The molecular weight excluding hydrogens is 488 g/mol. The van der Waals surface area contributed by atoms with Gasteiger partial charge in [-0.25, -0.2) is 8.42 Å². The van der Waals surface area contributed by atoms with Crippen LogP contribution in [0.1, 0.15) is 33.6 Å². The van der Waals surface area contributed by atoms with Gasteiger partial charge in [0.1, 0.15) is 0 Å². The van der Waals surface area contributed by atoms with Gasteiger partial charge in [0, 0.05) is 13.5 Å². The lowest BCUT2D eigenvalue weighted by Gasteiger charge is -2.44. The van der Waals surface area contributed by atoms with Crippen LogP contribution in [-0.4, -0.2) is 48.1 Å². The van der Waals surface area contributed by atoms with E-state index in [0.29, 0.717) is 17.7 Å². The molecule has 1 saturated heterocycles. The highest BCUT2D eigenvalue weighted by Gasteiger charge is 2.51. The summed E-state index contributed by atoms with van der Waals surface area (Å²) >= 11 is 0. The summed E-state index contributed by atoms with van der Waals surface area (Å²) in [4.78, 5) is 0.332. The van der Waals surface area contributed by atoms with Gasteiger partial charge >= 0.3 is 0 Å². The molecule has 3 atom stereocenters. The van der Waals surface area contributed by atoms with Crippen molar-refractivity contribution in [2.24, 2.45) is 0 Å². The largest absolute Gasteiger partial charge is 0.405 e. The van der Waals surface area contributed by atoms with E-state index in [9.17, 15) is 8.42 Å². The minimum absolute atomic E-state index is 0.180. The van der Waals surface area contributed by atoms with E-state index in [1.807, 2.05) is 18.2 Å². The molecule has 1 heterocycles. The van der Waals surface area contributed by atoms with Crippen molar-refractivity contribution in [1.29, 1.82) is 0 Å². The van der Waals surface area contributed by atoms with Crippen LogP contribution in [-0.2, 0) is 23.7 Å². The van der Waals surface area contributed by atoms with Gasteiger partial charge in [0.05, 0.1) is 22.9 Å². The summed E-state index contributed by atoms with van der Waals surface area (Å²) in [5.41, 5.74) is 0. The van der Waals surface area contributed by atoms with Crippen molar-refractivity contribution in [3.05, 3.63) is 91.0 Å². The van der Waals surface area contributed by atoms with Gasteiger partial charge in [0.15, 0.2) is 16.1 Å². The highest BCUT2D eigenvalue weighted by molar-refractivity contribution is 7.92. The Labute approximate surface area is 216 Å². The lowest BCUT2D eigenvalue weighted by molar-refractivity contribution is -0.185. The van der Waals surface area contributed by atoms with E-state index in [4.69, 9.17) is 13.9 Å². The minimum Gasteiger partial charge on any atom is -0.405 e. The molecule has 1 aliphatic rings.